The van der Waals surface area contributed by atoms with Crippen molar-refractivity contribution in [2.75, 3.05) is 13.2 Å². The third-order valence-electron chi connectivity index (χ3n) is 2.98. The first kappa shape index (κ1) is 15.3. The van der Waals surface area contributed by atoms with E-state index >= 15 is 0 Å². The molecular weight excluding hydrogens is 271 g/mol. The summed E-state index contributed by atoms with van der Waals surface area (Å²) < 4.78 is 24.3. The van der Waals surface area contributed by atoms with E-state index in [1.807, 2.05) is 30.3 Å². The zero-order valence-corrected chi connectivity index (χ0v) is 12.0. The van der Waals surface area contributed by atoms with Crippen LogP contribution in [0.5, 0.6) is 11.5 Å². The Morgan fingerprint density at radius 1 is 1.05 bits per heavy atom. The molecule has 4 heteroatoms. The van der Waals surface area contributed by atoms with Crippen molar-refractivity contribution < 1.29 is 19.0 Å². The Kier molecular flexibility index (Phi) is 5.58. The molecule has 2 aromatic rings. The number of para-hydroxylation sites is 1. The van der Waals surface area contributed by atoms with Crippen LogP contribution in [-0.4, -0.2) is 18.3 Å². The molecule has 0 saturated carbocycles. The smallest absolute Gasteiger partial charge is 0.125 e. The highest BCUT2D eigenvalue weighted by Gasteiger charge is 2.10. The van der Waals surface area contributed by atoms with Crippen LogP contribution in [0.2, 0.25) is 0 Å². The van der Waals surface area contributed by atoms with Crippen LogP contribution in [0.4, 0.5) is 4.39 Å². The first-order valence-electron chi connectivity index (χ1n) is 6.95. The van der Waals surface area contributed by atoms with Crippen LogP contribution < -0.4 is 9.47 Å². The van der Waals surface area contributed by atoms with Gasteiger partial charge >= 0.3 is 0 Å². The van der Waals surface area contributed by atoms with Gasteiger partial charge in [-0.2, -0.15) is 0 Å². The second-order valence-electron chi connectivity index (χ2n) is 4.72. The van der Waals surface area contributed by atoms with Gasteiger partial charge in [0.2, 0.25) is 0 Å². The number of hydrogen-bond acceptors (Lipinski definition) is 3. The van der Waals surface area contributed by atoms with E-state index in [1.54, 1.807) is 6.92 Å². The molecule has 112 valence electrons. The Morgan fingerprint density at radius 2 is 1.76 bits per heavy atom. The lowest BCUT2D eigenvalue weighted by atomic mass is 10.1. The molecule has 0 saturated heterocycles. The van der Waals surface area contributed by atoms with Crippen LogP contribution in [0.1, 0.15) is 25.0 Å². The standard InChI is InChI=1S/C17H19FO3/c1-13(19)16-12-14(18)8-9-17(16)21-11-5-10-20-15-6-3-2-4-7-15/h2-4,6-9,12-13,19H,5,10-11H2,1H3/t13-/m1/s1. The summed E-state index contributed by atoms with van der Waals surface area (Å²) in [6, 6.07) is 13.7. The van der Waals surface area contributed by atoms with Crippen LogP contribution in [0.25, 0.3) is 0 Å². The Bertz CT molecular complexity index is 555. The molecule has 1 N–H and O–H groups in total. The van der Waals surface area contributed by atoms with E-state index in [-0.39, 0.29) is 5.82 Å². The van der Waals surface area contributed by atoms with Crippen molar-refractivity contribution >= 4 is 0 Å². The van der Waals surface area contributed by atoms with Gasteiger partial charge in [0.15, 0.2) is 0 Å². The summed E-state index contributed by atoms with van der Waals surface area (Å²) in [5.41, 5.74) is 0.457. The van der Waals surface area contributed by atoms with Gasteiger partial charge < -0.3 is 14.6 Å². The van der Waals surface area contributed by atoms with E-state index < -0.39 is 6.10 Å². The molecule has 0 aliphatic heterocycles. The average molecular weight is 290 g/mol. The summed E-state index contributed by atoms with van der Waals surface area (Å²) in [4.78, 5) is 0. The van der Waals surface area contributed by atoms with Crippen molar-refractivity contribution in [3.63, 3.8) is 0 Å². The molecule has 2 aromatic carbocycles. The Morgan fingerprint density at radius 3 is 2.48 bits per heavy atom. The van der Waals surface area contributed by atoms with Crippen LogP contribution in [0, 0.1) is 5.82 Å². The van der Waals surface area contributed by atoms with Crippen molar-refractivity contribution in [3.05, 3.63) is 59.9 Å². The van der Waals surface area contributed by atoms with Crippen LogP contribution >= 0.6 is 0 Å². The van der Waals surface area contributed by atoms with Crippen molar-refractivity contribution in [3.8, 4) is 11.5 Å². The van der Waals surface area contributed by atoms with Crippen molar-refractivity contribution in [1.29, 1.82) is 0 Å². The molecule has 0 aromatic heterocycles. The minimum atomic E-state index is -0.767. The number of rotatable bonds is 7. The number of aliphatic hydroxyl groups excluding tert-OH is 1. The maximum Gasteiger partial charge on any atom is 0.125 e. The summed E-state index contributed by atoms with van der Waals surface area (Å²) >= 11 is 0. The highest BCUT2D eigenvalue weighted by Crippen LogP contribution is 2.26. The lowest BCUT2D eigenvalue weighted by Crippen LogP contribution is -2.07. The Labute approximate surface area is 124 Å². The van der Waals surface area contributed by atoms with Gasteiger partial charge in [-0.25, -0.2) is 4.39 Å². The maximum absolute atomic E-state index is 13.2. The largest absolute Gasteiger partial charge is 0.493 e. The predicted molar refractivity (Wildman–Crippen MR) is 79.1 cm³/mol. The zero-order valence-electron chi connectivity index (χ0n) is 12.0. The molecule has 21 heavy (non-hydrogen) atoms. The summed E-state index contributed by atoms with van der Waals surface area (Å²) in [6.45, 7) is 2.56. The highest BCUT2D eigenvalue weighted by molar-refractivity contribution is 5.35. The molecule has 1 atom stereocenters. The van der Waals surface area contributed by atoms with Gasteiger partial charge in [-0.05, 0) is 37.3 Å². The molecule has 0 amide bonds. The highest BCUT2D eigenvalue weighted by atomic mass is 19.1. The van der Waals surface area contributed by atoms with E-state index in [9.17, 15) is 9.50 Å². The third-order valence-corrected chi connectivity index (χ3v) is 2.98. The third kappa shape index (κ3) is 4.76. The normalized spacial score (nSPS) is 12.0. The molecule has 0 aliphatic carbocycles. The molecular formula is C17H19FO3. The van der Waals surface area contributed by atoms with Crippen molar-refractivity contribution in [2.24, 2.45) is 0 Å². The summed E-state index contributed by atoms with van der Waals surface area (Å²) in [7, 11) is 0. The summed E-state index contributed by atoms with van der Waals surface area (Å²) in [5, 5.41) is 9.61. The second-order valence-corrected chi connectivity index (χ2v) is 4.72. The first-order valence-corrected chi connectivity index (χ1v) is 6.95. The van der Waals surface area contributed by atoms with Crippen LogP contribution in [0.3, 0.4) is 0 Å². The molecule has 0 radical (unpaired) electrons. The summed E-state index contributed by atoms with van der Waals surface area (Å²) in [6.07, 6.45) is -0.0674. The molecule has 0 fully saturated rings. The minimum absolute atomic E-state index is 0.384. The molecule has 0 spiro atoms. The minimum Gasteiger partial charge on any atom is -0.493 e. The quantitative estimate of drug-likeness (QED) is 0.790. The fraction of sp³-hybridized carbons (Fsp3) is 0.294. The molecule has 3 nitrogen and oxygen atoms in total. The van der Waals surface area contributed by atoms with E-state index in [4.69, 9.17) is 9.47 Å². The monoisotopic (exact) mass is 290 g/mol. The first-order chi connectivity index (χ1) is 10.2. The fourth-order valence-corrected chi connectivity index (χ4v) is 1.93. The van der Waals surface area contributed by atoms with Gasteiger partial charge in [0, 0.05) is 12.0 Å². The number of ether oxygens (including phenoxy) is 2. The van der Waals surface area contributed by atoms with Crippen molar-refractivity contribution in [2.45, 2.75) is 19.4 Å². The van der Waals surface area contributed by atoms with E-state index in [1.165, 1.54) is 18.2 Å². The second kappa shape index (κ2) is 7.64. The van der Waals surface area contributed by atoms with E-state index in [0.29, 0.717) is 30.9 Å². The lowest BCUT2D eigenvalue weighted by molar-refractivity contribution is 0.188. The van der Waals surface area contributed by atoms with Gasteiger partial charge in [-0.3, -0.25) is 0 Å². The van der Waals surface area contributed by atoms with Crippen molar-refractivity contribution in [1.82, 2.24) is 0 Å². The van der Waals surface area contributed by atoms with Gasteiger partial charge in [0.25, 0.3) is 0 Å². The number of hydrogen-bond donors (Lipinski definition) is 1. The average Bonchev–Trinajstić information content (AvgIpc) is 2.49. The topological polar surface area (TPSA) is 38.7 Å². The molecule has 0 bridgehead atoms. The molecule has 0 unspecified atom stereocenters. The summed E-state index contributed by atoms with van der Waals surface area (Å²) in [5.74, 6) is 0.945. The van der Waals surface area contributed by atoms with Gasteiger partial charge in [0.1, 0.15) is 17.3 Å². The van der Waals surface area contributed by atoms with Gasteiger partial charge in [0.05, 0.1) is 19.3 Å². The molecule has 0 aliphatic rings. The zero-order chi connectivity index (χ0) is 15.1. The lowest BCUT2D eigenvalue weighted by Gasteiger charge is -2.13. The fourth-order valence-electron chi connectivity index (χ4n) is 1.93. The number of halogens is 1. The van der Waals surface area contributed by atoms with E-state index in [2.05, 4.69) is 0 Å². The molecule has 2 rings (SSSR count). The number of aliphatic hydroxyl groups is 1. The van der Waals surface area contributed by atoms with Crippen LogP contribution in [0.15, 0.2) is 48.5 Å². The molecule has 0 heterocycles. The van der Waals surface area contributed by atoms with Gasteiger partial charge in [-0.15, -0.1) is 0 Å². The predicted octanol–water partition coefficient (Wildman–Crippen LogP) is 3.73. The Hall–Kier alpha value is -2.07. The van der Waals surface area contributed by atoms with Crippen LogP contribution in [-0.2, 0) is 0 Å². The van der Waals surface area contributed by atoms with Gasteiger partial charge in [-0.1, -0.05) is 18.2 Å². The number of benzene rings is 2. The maximum atomic E-state index is 13.2. The Balaban J connectivity index is 1.78. The van der Waals surface area contributed by atoms with E-state index in [0.717, 1.165) is 5.75 Å². The SMILES string of the molecule is C[C@@H](O)c1cc(F)ccc1OCCCOc1ccccc1.